The number of aromatic nitrogens is 1. The smallest absolute Gasteiger partial charge is 0.283 e. The normalized spacial score (nSPS) is 10.1. The highest BCUT2D eigenvalue weighted by molar-refractivity contribution is 9.10. The summed E-state index contributed by atoms with van der Waals surface area (Å²) in [5, 5.41) is 13.7. The van der Waals surface area contributed by atoms with E-state index in [4.69, 9.17) is 11.6 Å². The molecule has 20 heavy (non-hydrogen) atoms. The van der Waals surface area contributed by atoms with Gasteiger partial charge >= 0.3 is 0 Å². The van der Waals surface area contributed by atoms with E-state index >= 15 is 0 Å². The Labute approximate surface area is 127 Å². The number of hydrogen-bond acceptors (Lipinski definition) is 4. The van der Waals surface area contributed by atoms with E-state index in [1.807, 2.05) is 0 Å². The van der Waals surface area contributed by atoms with Gasteiger partial charge in [-0.2, -0.15) is 0 Å². The molecule has 0 aliphatic rings. The monoisotopic (exact) mass is 355 g/mol. The van der Waals surface area contributed by atoms with Gasteiger partial charge in [0.2, 0.25) is 0 Å². The van der Waals surface area contributed by atoms with Gasteiger partial charge in [0, 0.05) is 23.5 Å². The van der Waals surface area contributed by atoms with Crippen LogP contribution in [0.4, 0.5) is 11.4 Å². The Morgan fingerprint density at radius 2 is 2.15 bits per heavy atom. The number of rotatable bonds is 3. The van der Waals surface area contributed by atoms with Gasteiger partial charge in [0.25, 0.3) is 11.6 Å². The second-order valence-electron chi connectivity index (χ2n) is 3.73. The van der Waals surface area contributed by atoms with Crippen LogP contribution in [0.25, 0.3) is 0 Å². The molecule has 0 aliphatic carbocycles. The molecule has 6 nitrogen and oxygen atoms in total. The van der Waals surface area contributed by atoms with Gasteiger partial charge in [0.1, 0.15) is 5.56 Å². The summed E-state index contributed by atoms with van der Waals surface area (Å²) in [6.45, 7) is 0. The number of nitrogens with one attached hydrogen (secondary N) is 1. The zero-order valence-corrected chi connectivity index (χ0v) is 12.2. The number of anilines is 1. The van der Waals surface area contributed by atoms with Crippen LogP contribution in [0.15, 0.2) is 41.1 Å². The van der Waals surface area contributed by atoms with Gasteiger partial charge in [-0.25, -0.2) is 0 Å². The Hall–Kier alpha value is -1.99. The average Bonchev–Trinajstić information content (AvgIpc) is 2.41. The van der Waals surface area contributed by atoms with Crippen molar-refractivity contribution in [1.29, 1.82) is 0 Å². The fourth-order valence-corrected chi connectivity index (χ4v) is 2.03. The minimum Gasteiger partial charge on any atom is -0.321 e. The van der Waals surface area contributed by atoms with Crippen LogP contribution < -0.4 is 5.32 Å². The Bertz CT molecular complexity index is 693. The number of carbonyl (C=O) groups is 1. The van der Waals surface area contributed by atoms with Crippen LogP contribution in [-0.4, -0.2) is 15.8 Å². The number of nitro groups is 1. The molecule has 0 atom stereocenters. The number of nitrogens with zero attached hydrogens (tertiary/aromatic N) is 2. The molecule has 1 amide bonds. The lowest BCUT2D eigenvalue weighted by molar-refractivity contribution is -0.385. The van der Waals surface area contributed by atoms with Crippen LogP contribution in [0.1, 0.15) is 10.4 Å². The molecule has 1 aromatic carbocycles. The third kappa shape index (κ3) is 3.12. The summed E-state index contributed by atoms with van der Waals surface area (Å²) in [5.74, 6) is -0.597. The average molecular weight is 357 g/mol. The van der Waals surface area contributed by atoms with Crippen molar-refractivity contribution in [1.82, 2.24) is 4.98 Å². The number of nitro benzene ring substituents is 1. The van der Waals surface area contributed by atoms with Gasteiger partial charge in [-0.05, 0) is 34.1 Å². The van der Waals surface area contributed by atoms with Gasteiger partial charge in [0.15, 0.2) is 0 Å². The van der Waals surface area contributed by atoms with Gasteiger partial charge in [-0.1, -0.05) is 11.6 Å². The first-order valence-electron chi connectivity index (χ1n) is 5.34. The van der Waals surface area contributed by atoms with Crippen molar-refractivity contribution in [2.24, 2.45) is 0 Å². The molecule has 102 valence electrons. The van der Waals surface area contributed by atoms with Crippen LogP contribution in [-0.2, 0) is 0 Å². The van der Waals surface area contributed by atoms with Crippen molar-refractivity contribution in [2.75, 3.05) is 5.32 Å². The number of carbonyl (C=O) groups excluding carboxylic acids is 1. The lowest BCUT2D eigenvalue weighted by Crippen LogP contribution is -2.14. The molecule has 0 aliphatic heterocycles. The van der Waals surface area contributed by atoms with Crippen molar-refractivity contribution >= 4 is 44.8 Å². The second kappa shape index (κ2) is 5.98. The molecule has 8 heteroatoms. The molecule has 0 bridgehead atoms. The van der Waals surface area contributed by atoms with Crippen LogP contribution in [0.3, 0.4) is 0 Å². The molecular weight excluding hydrogens is 350 g/mol. The summed E-state index contributed by atoms with van der Waals surface area (Å²) in [6, 6.07) is 5.44. The maximum Gasteiger partial charge on any atom is 0.283 e. The molecule has 1 heterocycles. The van der Waals surface area contributed by atoms with Gasteiger partial charge in [-0.15, -0.1) is 0 Å². The van der Waals surface area contributed by atoms with Crippen molar-refractivity contribution in [3.63, 3.8) is 0 Å². The quantitative estimate of drug-likeness (QED) is 0.672. The Kier molecular flexibility index (Phi) is 4.31. The standard InChI is InChI=1S/C12H7BrClN3O3/c13-9-6-15-4-3-10(9)16-12(18)8-2-1-7(14)5-11(8)17(19)20/h1-6H,(H,15,16,18). The highest BCUT2D eigenvalue weighted by Gasteiger charge is 2.21. The number of pyridine rings is 1. The van der Waals surface area contributed by atoms with E-state index in [1.54, 1.807) is 6.07 Å². The summed E-state index contributed by atoms with van der Waals surface area (Å²) in [6.07, 6.45) is 3.00. The topological polar surface area (TPSA) is 85.1 Å². The fourth-order valence-electron chi connectivity index (χ4n) is 1.51. The van der Waals surface area contributed by atoms with E-state index in [0.717, 1.165) is 6.07 Å². The highest BCUT2D eigenvalue weighted by Crippen LogP contribution is 2.26. The van der Waals surface area contributed by atoms with Crippen molar-refractivity contribution in [3.8, 4) is 0 Å². The number of hydrogen-bond donors (Lipinski definition) is 1. The molecule has 0 radical (unpaired) electrons. The lowest BCUT2D eigenvalue weighted by atomic mass is 10.1. The molecule has 2 aromatic rings. The molecule has 2 rings (SSSR count). The molecule has 0 saturated heterocycles. The molecule has 0 fully saturated rings. The summed E-state index contributed by atoms with van der Waals surface area (Å²) in [4.78, 5) is 26.3. The summed E-state index contributed by atoms with van der Waals surface area (Å²) >= 11 is 8.92. The second-order valence-corrected chi connectivity index (χ2v) is 5.02. The third-order valence-corrected chi connectivity index (χ3v) is 3.29. The van der Waals surface area contributed by atoms with E-state index < -0.39 is 10.8 Å². The lowest BCUT2D eigenvalue weighted by Gasteiger charge is -2.07. The SMILES string of the molecule is O=C(Nc1ccncc1Br)c1ccc(Cl)cc1[N+](=O)[O-]. The number of halogens is 2. The molecule has 0 unspecified atom stereocenters. The molecule has 0 spiro atoms. The largest absolute Gasteiger partial charge is 0.321 e. The minimum atomic E-state index is -0.650. The Balaban J connectivity index is 2.35. The third-order valence-electron chi connectivity index (χ3n) is 2.42. The molecule has 0 saturated carbocycles. The Morgan fingerprint density at radius 1 is 1.40 bits per heavy atom. The van der Waals surface area contributed by atoms with E-state index in [1.165, 1.54) is 24.5 Å². The van der Waals surface area contributed by atoms with Crippen LogP contribution in [0.5, 0.6) is 0 Å². The maximum absolute atomic E-state index is 12.1. The van der Waals surface area contributed by atoms with Crippen molar-refractivity contribution in [3.05, 3.63) is 61.8 Å². The van der Waals surface area contributed by atoms with Crippen LogP contribution in [0.2, 0.25) is 5.02 Å². The summed E-state index contributed by atoms with van der Waals surface area (Å²) in [7, 11) is 0. The van der Waals surface area contributed by atoms with Gasteiger partial charge in [0.05, 0.1) is 15.1 Å². The van der Waals surface area contributed by atoms with Gasteiger partial charge < -0.3 is 5.32 Å². The molecule has 1 aromatic heterocycles. The molecule has 1 N–H and O–H groups in total. The number of benzene rings is 1. The van der Waals surface area contributed by atoms with Crippen LogP contribution >= 0.6 is 27.5 Å². The first-order valence-corrected chi connectivity index (χ1v) is 6.51. The van der Waals surface area contributed by atoms with Crippen molar-refractivity contribution in [2.45, 2.75) is 0 Å². The maximum atomic E-state index is 12.1. The predicted octanol–water partition coefficient (Wildman–Crippen LogP) is 3.66. The first-order chi connectivity index (χ1) is 9.49. The van der Waals surface area contributed by atoms with E-state index in [2.05, 4.69) is 26.2 Å². The van der Waals surface area contributed by atoms with Gasteiger partial charge in [-0.3, -0.25) is 19.9 Å². The predicted molar refractivity (Wildman–Crippen MR) is 78.0 cm³/mol. The van der Waals surface area contributed by atoms with Crippen molar-refractivity contribution < 1.29 is 9.72 Å². The van der Waals surface area contributed by atoms with Crippen LogP contribution in [0, 0.1) is 10.1 Å². The zero-order valence-electron chi connectivity index (χ0n) is 9.84. The highest BCUT2D eigenvalue weighted by atomic mass is 79.9. The minimum absolute atomic E-state index is 0.0666. The molecular formula is C12H7BrClN3O3. The summed E-state index contributed by atoms with van der Waals surface area (Å²) in [5.41, 5.74) is 0.0533. The summed E-state index contributed by atoms with van der Waals surface area (Å²) < 4.78 is 0.574. The Morgan fingerprint density at radius 3 is 2.80 bits per heavy atom. The van der Waals surface area contributed by atoms with E-state index in [0.29, 0.717) is 10.2 Å². The van der Waals surface area contributed by atoms with E-state index in [-0.39, 0.29) is 16.3 Å². The first kappa shape index (κ1) is 14.4. The van der Waals surface area contributed by atoms with E-state index in [9.17, 15) is 14.9 Å². The number of amides is 1. The fraction of sp³-hybridized carbons (Fsp3) is 0. The zero-order chi connectivity index (χ0) is 14.7.